The molecule has 106 valence electrons. The van der Waals surface area contributed by atoms with Crippen LogP contribution < -0.4 is 20.1 Å². The van der Waals surface area contributed by atoms with Gasteiger partial charge in [-0.15, -0.1) is 0 Å². The van der Waals surface area contributed by atoms with Crippen LogP contribution in [0.4, 0.5) is 0 Å². The second kappa shape index (κ2) is 5.40. The van der Waals surface area contributed by atoms with Crippen LogP contribution in [0.2, 0.25) is 0 Å². The van der Waals surface area contributed by atoms with Crippen molar-refractivity contribution in [3.8, 4) is 11.5 Å². The quantitative estimate of drug-likeness (QED) is 0.828. The van der Waals surface area contributed by atoms with E-state index in [1.165, 1.54) is 12.8 Å². The summed E-state index contributed by atoms with van der Waals surface area (Å²) in [6.07, 6.45) is 2.37. The SMILES string of the molecule is O=C(CNC(=O)c1ccc2c(c1)OCO2)NCC1CC1. The molecule has 0 bridgehead atoms. The molecular formula is C14H16N2O4. The number of hydrogen-bond acceptors (Lipinski definition) is 4. The number of carbonyl (C=O) groups is 2. The van der Waals surface area contributed by atoms with Crippen LogP contribution in [0.5, 0.6) is 11.5 Å². The lowest BCUT2D eigenvalue weighted by atomic mass is 10.2. The Bertz CT molecular complexity index is 540. The molecule has 0 spiro atoms. The predicted octanol–water partition coefficient (Wildman–Crippen LogP) is 0.671. The summed E-state index contributed by atoms with van der Waals surface area (Å²) in [7, 11) is 0. The molecule has 6 heteroatoms. The highest BCUT2D eigenvalue weighted by Gasteiger charge is 2.21. The fraction of sp³-hybridized carbons (Fsp3) is 0.429. The van der Waals surface area contributed by atoms with Crippen molar-refractivity contribution < 1.29 is 19.1 Å². The van der Waals surface area contributed by atoms with E-state index in [0.717, 1.165) is 0 Å². The first kappa shape index (κ1) is 12.8. The number of ether oxygens (including phenoxy) is 2. The van der Waals surface area contributed by atoms with E-state index in [1.807, 2.05) is 0 Å². The average molecular weight is 276 g/mol. The van der Waals surface area contributed by atoms with Gasteiger partial charge in [0.2, 0.25) is 12.7 Å². The highest BCUT2D eigenvalue weighted by atomic mass is 16.7. The van der Waals surface area contributed by atoms with Crippen molar-refractivity contribution in [3.63, 3.8) is 0 Å². The summed E-state index contributed by atoms with van der Waals surface area (Å²) in [5.41, 5.74) is 0.448. The fourth-order valence-corrected chi connectivity index (χ4v) is 1.94. The molecular weight excluding hydrogens is 260 g/mol. The summed E-state index contributed by atoms with van der Waals surface area (Å²) >= 11 is 0. The summed E-state index contributed by atoms with van der Waals surface area (Å²) in [6, 6.07) is 4.94. The Labute approximate surface area is 116 Å². The van der Waals surface area contributed by atoms with Gasteiger partial charge in [-0.2, -0.15) is 0 Å². The second-order valence-corrected chi connectivity index (χ2v) is 5.00. The molecule has 2 amide bonds. The van der Waals surface area contributed by atoms with Gasteiger partial charge in [0.1, 0.15) is 0 Å². The van der Waals surface area contributed by atoms with Gasteiger partial charge in [-0.25, -0.2) is 0 Å². The third kappa shape index (κ3) is 3.01. The van der Waals surface area contributed by atoms with E-state index in [4.69, 9.17) is 9.47 Å². The van der Waals surface area contributed by atoms with Gasteiger partial charge in [-0.05, 0) is 37.0 Å². The van der Waals surface area contributed by atoms with Crippen LogP contribution in [0.3, 0.4) is 0 Å². The highest BCUT2D eigenvalue weighted by molar-refractivity contribution is 5.97. The lowest BCUT2D eigenvalue weighted by Crippen LogP contribution is -2.37. The van der Waals surface area contributed by atoms with Crippen LogP contribution in [0.25, 0.3) is 0 Å². The Morgan fingerprint density at radius 2 is 1.95 bits per heavy atom. The molecule has 1 heterocycles. The fourth-order valence-electron chi connectivity index (χ4n) is 1.94. The van der Waals surface area contributed by atoms with E-state index < -0.39 is 0 Å². The Kier molecular flexibility index (Phi) is 3.45. The predicted molar refractivity (Wildman–Crippen MR) is 70.6 cm³/mol. The van der Waals surface area contributed by atoms with Gasteiger partial charge < -0.3 is 20.1 Å². The van der Waals surface area contributed by atoms with Gasteiger partial charge in [0, 0.05) is 12.1 Å². The summed E-state index contributed by atoms with van der Waals surface area (Å²) < 4.78 is 10.4. The topological polar surface area (TPSA) is 76.7 Å². The first-order valence-corrected chi connectivity index (χ1v) is 6.67. The first-order valence-electron chi connectivity index (χ1n) is 6.67. The lowest BCUT2D eigenvalue weighted by molar-refractivity contribution is -0.120. The zero-order valence-corrected chi connectivity index (χ0v) is 11.0. The maximum Gasteiger partial charge on any atom is 0.251 e. The van der Waals surface area contributed by atoms with E-state index in [0.29, 0.717) is 29.5 Å². The van der Waals surface area contributed by atoms with Crippen molar-refractivity contribution in [1.82, 2.24) is 10.6 Å². The maximum absolute atomic E-state index is 11.9. The second-order valence-electron chi connectivity index (χ2n) is 5.00. The highest BCUT2D eigenvalue weighted by Crippen LogP contribution is 2.32. The van der Waals surface area contributed by atoms with Gasteiger partial charge in [-0.3, -0.25) is 9.59 Å². The van der Waals surface area contributed by atoms with Crippen molar-refractivity contribution in [2.45, 2.75) is 12.8 Å². The Morgan fingerprint density at radius 1 is 1.15 bits per heavy atom. The normalized spacial score (nSPS) is 15.8. The molecule has 1 aliphatic heterocycles. The number of carbonyl (C=O) groups excluding carboxylic acids is 2. The molecule has 1 aromatic carbocycles. The molecule has 0 atom stereocenters. The number of rotatable bonds is 5. The smallest absolute Gasteiger partial charge is 0.251 e. The van der Waals surface area contributed by atoms with Crippen molar-refractivity contribution in [3.05, 3.63) is 23.8 Å². The Hall–Kier alpha value is -2.24. The molecule has 2 aliphatic rings. The molecule has 1 aromatic rings. The van der Waals surface area contributed by atoms with Gasteiger partial charge in [-0.1, -0.05) is 0 Å². The van der Waals surface area contributed by atoms with Crippen molar-refractivity contribution in [1.29, 1.82) is 0 Å². The molecule has 1 saturated carbocycles. The van der Waals surface area contributed by atoms with Crippen molar-refractivity contribution in [2.75, 3.05) is 19.9 Å². The molecule has 0 saturated heterocycles. The van der Waals surface area contributed by atoms with Crippen LogP contribution >= 0.6 is 0 Å². The van der Waals surface area contributed by atoms with Crippen molar-refractivity contribution in [2.24, 2.45) is 5.92 Å². The minimum Gasteiger partial charge on any atom is -0.454 e. The molecule has 1 fully saturated rings. The molecule has 0 unspecified atom stereocenters. The molecule has 20 heavy (non-hydrogen) atoms. The minimum atomic E-state index is -0.301. The van der Waals surface area contributed by atoms with Gasteiger partial charge in [0.15, 0.2) is 11.5 Å². The Morgan fingerprint density at radius 3 is 2.75 bits per heavy atom. The monoisotopic (exact) mass is 276 g/mol. The standard InChI is InChI=1S/C14H16N2O4/c17-13(15-6-9-1-2-9)7-16-14(18)10-3-4-11-12(5-10)20-8-19-11/h3-5,9H,1-2,6-8H2,(H,15,17)(H,16,18). The van der Waals surface area contributed by atoms with Gasteiger partial charge in [0.25, 0.3) is 5.91 Å². The largest absolute Gasteiger partial charge is 0.454 e. The Balaban J connectivity index is 1.49. The number of nitrogens with one attached hydrogen (secondary N) is 2. The molecule has 2 N–H and O–H groups in total. The molecule has 6 nitrogen and oxygen atoms in total. The van der Waals surface area contributed by atoms with Crippen LogP contribution in [0.15, 0.2) is 18.2 Å². The molecule has 0 aromatic heterocycles. The summed E-state index contributed by atoms with van der Waals surface area (Å²) in [5.74, 6) is 1.35. The summed E-state index contributed by atoms with van der Waals surface area (Å²) in [6.45, 7) is 0.864. The lowest BCUT2D eigenvalue weighted by Gasteiger charge is -2.07. The van der Waals surface area contributed by atoms with Gasteiger partial charge >= 0.3 is 0 Å². The molecule has 0 radical (unpaired) electrons. The number of fused-ring (bicyclic) bond motifs is 1. The summed E-state index contributed by atoms with van der Waals surface area (Å²) in [5, 5.41) is 5.38. The minimum absolute atomic E-state index is 0.0139. The molecule has 3 rings (SSSR count). The zero-order valence-electron chi connectivity index (χ0n) is 11.0. The van der Waals surface area contributed by atoms with Crippen LogP contribution in [0, 0.1) is 5.92 Å². The zero-order chi connectivity index (χ0) is 13.9. The van der Waals surface area contributed by atoms with Gasteiger partial charge in [0.05, 0.1) is 6.54 Å². The maximum atomic E-state index is 11.9. The van der Waals surface area contributed by atoms with Crippen LogP contribution in [-0.2, 0) is 4.79 Å². The van der Waals surface area contributed by atoms with E-state index in [2.05, 4.69) is 10.6 Å². The van der Waals surface area contributed by atoms with E-state index >= 15 is 0 Å². The third-order valence-corrected chi connectivity index (χ3v) is 3.33. The first-order chi connectivity index (χ1) is 9.72. The number of amides is 2. The van der Waals surface area contributed by atoms with E-state index in [-0.39, 0.29) is 25.2 Å². The van der Waals surface area contributed by atoms with Crippen LogP contribution in [0.1, 0.15) is 23.2 Å². The average Bonchev–Trinajstić information content (AvgIpc) is 3.17. The summed E-state index contributed by atoms with van der Waals surface area (Å²) in [4.78, 5) is 23.4. The van der Waals surface area contributed by atoms with E-state index in [1.54, 1.807) is 18.2 Å². The molecule has 1 aliphatic carbocycles. The third-order valence-electron chi connectivity index (χ3n) is 3.33. The number of hydrogen-bond donors (Lipinski definition) is 2. The van der Waals surface area contributed by atoms with E-state index in [9.17, 15) is 9.59 Å². The van der Waals surface area contributed by atoms with Crippen LogP contribution in [-0.4, -0.2) is 31.7 Å². The number of benzene rings is 1. The van der Waals surface area contributed by atoms with Crippen molar-refractivity contribution >= 4 is 11.8 Å².